The average molecular weight is 420 g/mol. The molecule has 1 fully saturated rings. The van der Waals surface area contributed by atoms with Crippen LogP contribution >= 0.6 is 0 Å². The molecule has 1 aliphatic heterocycles. The summed E-state index contributed by atoms with van der Waals surface area (Å²) in [4.78, 5) is 27.8. The van der Waals surface area contributed by atoms with E-state index in [9.17, 15) is 4.79 Å². The number of ether oxygens (including phenoxy) is 1. The Balaban J connectivity index is 1.85. The third-order valence-electron chi connectivity index (χ3n) is 5.70. The summed E-state index contributed by atoms with van der Waals surface area (Å²) in [5.74, 6) is 0.652. The van der Waals surface area contributed by atoms with E-state index in [1.54, 1.807) is 13.1 Å². The van der Waals surface area contributed by atoms with Crippen LogP contribution in [0.15, 0.2) is 29.4 Å². The van der Waals surface area contributed by atoms with Gasteiger partial charge in [0.05, 0.1) is 11.7 Å². The van der Waals surface area contributed by atoms with Crippen molar-refractivity contribution in [2.75, 3.05) is 4.90 Å². The van der Waals surface area contributed by atoms with Gasteiger partial charge in [-0.05, 0) is 64.7 Å². The van der Waals surface area contributed by atoms with Crippen molar-refractivity contribution in [2.24, 2.45) is 10.7 Å². The molecule has 7 nitrogen and oxygen atoms in total. The quantitative estimate of drug-likeness (QED) is 0.736. The Morgan fingerprint density at radius 3 is 2.55 bits per heavy atom. The first kappa shape index (κ1) is 21.0. The van der Waals surface area contributed by atoms with E-state index in [-0.39, 0.29) is 18.0 Å². The van der Waals surface area contributed by atoms with Crippen LogP contribution < -0.4 is 15.4 Å². The lowest BCUT2D eigenvalue weighted by molar-refractivity contribution is -0.117. The fourth-order valence-electron chi connectivity index (χ4n) is 4.07. The van der Waals surface area contributed by atoms with Gasteiger partial charge in [0.2, 0.25) is 5.91 Å². The molecule has 2 aromatic rings. The Labute approximate surface area is 183 Å². The molecule has 2 aliphatic rings. The van der Waals surface area contributed by atoms with E-state index in [1.165, 1.54) is 0 Å². The van der Waals surface area contributed by atoms with Gasteiger partial charge in [-0.25, -0.2) is 9.97 Å². The fraction of sp³-hybridized carbons (Fsp3) is 0.417. The number of aryl methyl sites for hydroxylation is 2. The number of carbonyl (C=O) groups excluding carboxylic acids is 1. The Kier molecular flexibility index (Phi) is 5.76. The van der Waals surface area contributed by atoms with E-state index < -0.39 is 0 Å². The van der Waals surface area contributed by atoms with Crippen LogP contribution in [-0.4, -0.2) is 34.2 Å². The molecule has 1 aliphatic carbocycles. The minimum Gasteiger partial charge on any atom is -0.423 e. The number of hydrogen-bond donors (Lipinski definition) is 1. The van der Waals surface area contributed by atoms with Crippen LogP contribution in [0.4, 0.5) is 5.69 Å². The van der Waals surface area contributed by atoms with Crippen LogP contribution in [0.25, 0.3) is 5.57 Å². The van der Waals surface area contributed by atoms with Gasteiger partial charge in [-0.3, -0.25) is 9.79 Å². The molecule has 4 rings (SSSR count). The van der Waals surface area contributed by atoms with Crippen molar-refractivity contribution in [3.63, 3.8) is 0 Å². The Morgan fingerprint density at radius 2 is 1.94 bits per heavy atom. The van der Waals surface area contributed by atoms with Gasteiger partial charge in [0.1, 0.15) is 5.75 Å². The molecule has 2 heterocycles. The van der Waals surface area contributed by atoms with Crippen LogP contribution in [0.3, 0.4) is 0 Å². The van der Waals surface area contributed by atoms with Gasteiger partial charge in [-0.2, -0.15) is 0 Å². The highest BCUT2D eigenvalue weighted by Crippen LogP contribution is 2.42. The molecule has 0 bridgehead atoms. The largest absolute Gasteiger partial charge is 0.423 e. The molecule has 7 heteroatoms. The Bertz CT molecular complexity index is 1050. The van der Waals surface area contributed by atoms with E-state index >= 15 is 0 Å². The van der Waals surface area contributed by atoms with Crippen LogP contribution in [0, 0.1) is 13.8 Å². The van der Waals surface area contributed by atoms with E-state index in [2.05, 4.69) is 21.9 Å². The highest BCUT2D eigenvalue weighted by Gasteiger charge is 2.30. The summed E-state index contributed by atoms with van der Waals surface area (Å²) in [7, 11) is 0. The predicted octanol–water partition coefficient (Wildman–Crippen LogP) is 4.11. The summed E-state index contributed by atoms with van der Waals surface area (Å²) in [5.41, 5.74) is 11.1. The molecular formula is C24H29N5O2. The van der Waals surface area contributed by atoms with E-state index in [4.69, 9.17) is 10.5 Å². The fourth-order valence-corrected chi connectivity index (χ4v) is 4.07. The van der Waals surface area contributed by atoms with Gasteiger partial charge in [0.15, 0.2) is 0 Å². The number of nitrogens with zero attached hydrogens (tertiary/aromatic N) is 4. The van der Waals surface area contributed by atoms with Gasteiger partial charge >= 0.3 is 6.01 Å². The summed E-state index contributed by atoms with van der Waals surface area (Å²) in [6.45, 7) is 7.49. The van der Waals surface area contributed by atoms with Crippen molar-refractivity contribution >= 4 is 23.4 Å². The molecule has 1 atom stereocenters. The molecule has 0 spiro atoms. The number of fused-ring (bicyclic) bond motifs is 1. The molecule has 2 N–H and O–H groups in total. The maximum Gasteiger partial charge on any atom is 0.322 e. The molecule has 1 amide bonds. The lowest BCUT2D eigenvalue weighted by atomic mass is 9.92. The zero-order valence-corrected chi connectivity index (χ0v) is 18.6. The van der Waals surface area contributed by atoms with E-state index in [0.29, 0.717) is 11.8 Å². The maximum absolute atomic E-state index is 12.4. The topological polar surface area (TPSA) is 93.7 Å². The number of benzene rings is 1. The Morgan fingerprint density at radius 1 is 1.23 bits per heavy atom. The Hall–Kier alpha value is -3.22. The first-order chi connectivity index (χ1) is 14.9. The summed E-state index contributed by atoms with van der Waals surface area (Å²) >= 11 is 0. The SMILES string of the molecule is CC(=O)N1c2ccc(C(C=NC3CC3)=CN)c(Oc3nc(C)cc(C)n3)c2CC[C@@H]1C. The number of rotatable bonds is 5. The maximum atomic E-state index is 12.4. The van der Waals surface area contributed by atoms with Crippen molar-refractivity contribution in [3.05, 3.63) is 46.9 Å². The highest BCUT2D eigenvalue weighted by atomic mass is 16.5. The standard InChI is InChI=1S/C24H29N5O2/c1-14-11-15(2)28-24(27-14)31-23-20(18(12-25)13-26-19-6-7-19)9-10-22-21(23)8-5-16(3)29(22)17(4)30/h9-13,16,19H,5-8,25H2,1-4H3/t16-/m0/s1. The second-order valence-electron chi connectivity index (χ2n) is 8.38. The molecule has 0 unspecified atom stereocenters. The summed E-state index contributed by atoms with van der Waals surface area (Å²) in [6.07, 6.45) is 7.23. The molecule has 162 valence electrons. The lowest BCUT2D eigenvalue weighted by Crippen LogP contribution is -2.40. The van der Waals surface area contributed by atoms with Gasteiger partial charge in [0, 0.05) is 53.5 Å². The smallest absolute Gasteiger partial charge is 0.322 e. The third-order valence-corrected chi connectivity index (χ3v) is 5.70. The minimum atomic E-state index is 0.0136. The van der Waals surface area contributed by atoms with Crippen molar-refractivity contribution in [2.45, 2.75) is 65.5 Å². The summed E-state index contributed by atoms with van der Waals surface area (Å²) in [5, 5.41) is 0. The van der Waals surface area contributed by atoms with Gasteiger partial charge < -0.3 is 15.4 Å². The predicted molar refractivity (Wildman–Crippen MR) is 123 cm³/mol. The van der Waals surface area contributed by atoms with E-state index in [0.717, 1.165) is 59.5 Å². The zero-order chi connectivity index (χ0) is 22.1. The highest BCUT2D eigenvalue weighted by molar-refractivity contribution is 6.11. The second kappa shape index (κ2) is 8.49. The first-order valence-electron chi connectivity index (χ1n) is 10.8. The van der Waals surface area contributed by atoms with Gasteiger partial charge in [0.25, 0.3) is 0 Å². The molecular weight excluding hydrogens is 390 g/mol. The summed E-state index contributed by atoms with van der Waals surface area (Å²) in [6, 6.07) is 6.63. The first-order valence-corrected chi connectivity index (χ1v) is 10.8. The number of allylic oxidation sites excluding steroid dienone is 1. The number of hydrogen-bond acceptors (Lipinski definition) is 6. The number of anilines is 1. The van der Waals surface area contributed by atoms with E-state index in [1.807, 2.05) is 43.2 Å². The monoisotopic (exact) mass is 419 g/mol. The lowest BCUT2D eigenvalue weighted by Gasteiger charge is -2.35. The molecule has 1 aromatic carbocycles. The number of aliphatic imine (C=N–C) groups is 1. The third kappa shape index (κ3) is 4.45. The second-order valence-corrected chi connectivity index (χ2v) is 8.38. The number of nitrogens with two attached hydrogens (primary N) is 1. The average Bonchev–Trinajstić information content (AvgIpc) is 3.52. The number of carbonyl (C=O) groups is 1. The van der Waals surface area contributed by atoms with Gasteiger partial charge in [-0.1, -0.05) is 0 Å². The van der Waals surface area contributed by atoms with Crippen LogP contribution in [0.2, 0.25) is 0 Å². The summed E-state index contributed by atoms with van der Waals surface area (Å²) < 4.78 is 6.32. The minimum absolute atomic E-state index is 0.0136. The van der Waals surface area contributed by atoms with Crippen molar-refractivity contribution < 1.29 is 9.53 Å². The van der Waals surface area contributed by atoms with Crippen LogP contribution in [-0.2, 0) is 11.2 Å². The zero-order valence-electron chi connectivity index (χ0n) is 18.6. The molecule has 0 saturated heterocycles. The molecule has 31 heavy (non-hydrogen) atoms. The van der Waals surface area contributed by atoms with Crippen LogP contribution in [0.5, 0.6) is 11.8 Å². The molecule has 0 radical (unpaired) electrons. The van der Waals surface area contributed by atoms with Crippen molar-refractivity contribution in [1.29, 1.82) is 0 Å². The van der Waals surface area contributed by atoms with Crippen molar-refractivity contribution in [1.82, 2.24) is 9.97 Å². The molecule has 1 aromatic heterocycles. The number of aromatic nitrogens is 2. The number of amides is 1. The van der Waals surface area contributed by atoms with Crippen LogP contribution in [0.1, 0.15) is 55.6 Å². The normalized spacial score (nSPS) is 18.9. The van der Waals surface area contributed by atoms with Crippen molar-refractivity contribution in [3.8, 4) is 11.8 Å². The van der Waals surface area contributed by atoms with Gasteiger partial charge in [-0.15, -0.1) is 0 Å². The molecule has 1 saturated carbocycles.